The summed E-state index contributed by atoms with van der Waals surface area (Å²) in [5.41, 5.74) is 0. The number of hydrogen-bond acceptors (Lipinski definition) is 3. The van der Waals surface area contributed by atoms with Crippen molar-refractivity contribution in [2.24, 2.45) is 0 Å². The molecule has 0 atom stereocenters. The Morgan fingerprint density at radius 3 is 1.71 bits per heavy atom. The summed E-state index contributed by atoms with van der Waals surface area (Å²) < 4.78 is 28.3. The lowest BCUT2D eigenvalue weighted by Gasteiger charge is -1.97. The van der Waals surface area contributed by atoms with Crippen molar-refractivity contribution < 1.29 is 25.4 Å². The van der Waals surface area contributed by atoms with Gasteiger partial charge in [-0.2, -0.15) is 0 Å². The third kappa shape index (κ3) is 10.7. The normalized spacial score (nSPS) is 10.0. The highest BCUT2D eigenvalue weighted by Crippen LogP contribution is 1.73. The zero-order chi connectivity index (χ0) is 5.21. The van der Waals surface area contributed by atoms with E-state index >= 15 is 0 Å². The van der Waals surface area contributed by atoms with Crippen molar-refractivity contribution in [1.82, 2.24) is 0 Å². The fourth-order valence-corrected chi connectivity index (χ4v) is 0. The standard InChI is InChI=1S/C2H6O3S.ClH2/c1-2-6(3,4)5;/h2H2,1H3,(H,3,4,5);1H2/q;+1/p-1. The Morgan fingerprint density at radius 1 is 1.57 bits per heavy atom. The predicted molar refractivity (Wildman–Crippen MR) is 23.0 cm³/mol. The number of hydrogen-bond donors (Lipinski definition) is 0. The minimum absolute atomic E-state index is 0. The van der Waals surface area contributed by atoms with E-state index in [1.807, 2.05) is 0 Å². The zero-order valence-corrected chi connectivity index (χ0v) is 5.50. The lowest BCUT2D eigenvalue weighted by molar-refractivity contribution is -0.00000566. The summed E-state index contributed by atoms with van der Waals surface area (Å²) in [6.07, 6.45) is 0. The molecule has 0 radical (unpaired) electrons. The van der Waals surface area contributed by atoms with Gasteiger partial charge in [0.1, 0.15) is 0 Å². The summed E-state index contributed by atoms with van der Waals surface area (Å²) in [4.78, 5) is 0. The van der Waals surface area contributed by atoms with Crippen molar-refractivity contribution in [3.05, 3.63) is 0 Å². The van der Waals surface area contributed by atoms with Gasteiger partial charge in [-0.15, -0.1) is 0 Å². The van der Waals surface area contributed by atoms with Gasteiger partial charge < -0.3 is 4.55 Å². The minimum Gasteiger partial charge on any atom is -0.748 e. The van der Waals surface area contributed by atoms with Crippen LogP contribution in [0.5, 0.6) is 0 Å². The molecule has 0 bridgehead atoms. The van der Waals surface area contributed by atoms with Gasteiger partial charge in [-0.1, -0.05) is 6.92 Å². The molecule has 0 aromatic carbocycles. The summed E-state index contributed by atoms with van der Waals surface area (Å²) in [7, 11) is -3.91. The lowest BCUT2D eigenvalue weighted by atomic mass is 11.0. The molecule has 0 spiro atoms. The zero-order valence-electron chi connectivity index (χ0n) is 3.79. The Balaban J connectivity index is 0. The van der Waals surface area contributed by atoms with Crippen molar-refractivity contribution in [2.45, 2.75) is 6.92 Å². The molecule has 46 valence electrons. The van der Waals surface area contributed by atoms with Gasteiger partial charge in [-0.3, -0.25) is 0 Å². The second-order valence-electron chi connectivity index (χ2n) is 0.846. The topological polar surface area (TPSA) is 57.2 Å². The monoisotopic (exact) mass is 146 g/mol. The third-order valence-electron chi connectivity index (χ3n) is 0.354. The molecule has 0 heterocycles. The molecule has 3 nitrogen and oxygen atoms in total. The Labute approximate surface area is 48.9 Å². The van der Waals surface area contributed by atoms with Crippen molar-refractivity contribution in [1.29, 1.82) is 0 Å². The molecule has 0 saturated carbocycles. The quantitative estimate of drug-likeness (QED) is 0.447. The van der Waals surface area contributed by atoms with Gasteiger partial charge in [-0.25, -0.2) is 8.42 Å². The summed E-state index contributed by atoms with van der Waals surface area (Å²) in [6, 6.07) is 0. The van der Waals surface area contributed by atoms with Crippen molar-refractivity contribution >= 4 is 10.1 Å². The van der Waals surface area contributed by atoms with E-state index in [0.29, 0.717) is 0 Å². The van der Waals surface area contributed by atoms with Gasteiger partial charge in [0.2, 0.25) is 0 Å². The molecule has 0 aliphatic carbocycles. The van der Waals surface area contributed by atoms with Gasteiger partial charge in [0.05, 0.1) is 22.5 Å². The summed E-state index contributed by atoms with van der Waals surface area (Å²) in [6.45, 7) is 1.31. The predicted octanol–water partition coefficient (Wildman–Crippen LogP) is -0.984. The lowest BCUT2D eigenvalue weighted by Crippen LogP contribution is -1.98. The summed E-state index contributed by atoms with van der Waals surface area (Å²) >= 11 is 0. The van der Waals surface area contributed by atoms with Gasteiger partial charge >= 0.3 is 0 Å². The molecule has 0 amide bonds. The second kappa shape index (κ2) is 3.23. The molecule has 0 saturated heterocycles. The molecular weight excluding hydrogens is 140 g/mol. The summed E-state index contributed by atoms with van der Waals surface area (Å²) in [5, 5.41) is 0. The fourth-order valence-electron chi connectivity index (χ4n) is 0. The third-order valence-corrected chi connectivity index (χ3v) is 1.06. The van der Waals surface area contributed by atoms with Crippen LogP contribution in [0.15, 0.2) is 0 Å². The average molecular weight is 147 g/mol. The minimum atomic E-state index is -3.91. The Bertz CT molecular complexity index is 115. The van der Waals surface area contributed by atoms with Crippen LogP contribution >= 0.6 is 0 Å². The van der Waals surface area contributed by atoms with E-state index in [1.54, 1.807) is 0 Å². The van der Waals surface area contributed by atoms with E-state index in [0.717, 1.165) is 0 Å². The molecule has 0 unspecified atom stereocenters. The summed E-state index contributed by atoms with van der Waals surface area (Å²) in [5.74, 6) is -0.312. The van der Waals surface area contributed by atoms with Crippen LogP contribution in [-0.4, -0.2) is 18.7 Å². The number of rotatable bonds is 1. The maximum atomic E-state index is 9.44. The molecular formula is C2H7ClO3S. The highest BCUT2D eigenvalue weighted by Gasteiger charge is 1.80. The maximum Gasteiger partial charge on any atom is 0.0943 e. The largest absolute Gasteiger partial charge is 0.748 e. The SMILES string of the molecule is CCS(=O)(=O)[O-].[ClH2+]. The van der Waals surface area contributed by atoms with E-state index in [4.69, 9.17) is 0 Å². The van der Waals surface area contributed by atoms with Gasteiger partial charge in [0, 0.05) is 5.75 Å². The van der Waals surface area contributed by atoms with Crippen LogP contribution in [0.2, 0.25) is 0 Å². The number of halogens is 1. The van der Waals surface area contributed by atoms with Crippen LogP contribution < -0.4 is 0 Å². The van der Waals surface area contributed by atoms with Crippen LogP contribution in [0.3, 0.4) is 0 Å². The Morgan fingerprint density at radius 2 is 1.71 bits per heavy atom. The molecule has 0 N–H and O–H groups in total. The van der Waals surface area contributed by atoms with Crippen molar-refractivity contribution in [3.63, 3.8) is 0 Å². The smallest absolute Gasteiger partial charge is 0.0943 e. The maximum absolute atomic E-state index is 9.44. The second-order valence-corrected chi connectivity index (χ2v) is 2.54. The first-order chi connectivity index (χ1) is 2.56. The average Bonchev–Trinajstić information content (AvgIpc) is 1.35. The van der Waals surface area contributed by atoms with Gasteiger partial charge in [-0.05, 0) is 0 Å². The van der Waals surface area contributed by atoms with E-state index in [1.165, 1.54) is 6.92 Å². The first kappa shape index (κ1) is 10.2. The van der Waals surface area contributed by atoms with Crippen molar-refractivity contribution in [3.8, 4) is 0 Å². The first-order valence-electron chi connectivity index (χ1n) is 1.50. The fraction of sp³-hybridized carbons (Fsp3) is 1.00. The molecule has 0 fully saturated rings. The van der Waals surface area contributed by atoms with Crippen molar-refractivity contribution in [2.75, 3.05) is 5.75 Å². The van der Waals surface area contributed by atoms with E-state index in [9.17, 15) is 13.0 Å². The molecule has 7 heavy (non-hydrogen) atoms. The molecule has 0 aliphatic rings. The van der Waals surface area contributed by atoms with E-state index in [-0.39, 0.29) is 18.2 Å². The van der Waals surface area contributed by atoms with Crippen LogP contribution in [0, 0.1) is 12.4 Å². The van der Waals surface area contributed by atoms with Crippen LogP contribution in [0.25, 0.3) is 0 Å². The van der Waals surface area contributed by atoms with Gasteiger partial charge in [0.25, 0.3) is 0 Å². The van der Waals surface area contributed by atoms with Gasteiger partial charge in [0.15, 0.2) is 0 Å². The van der Waals surface area contributed by atoms with E-state index in [2.05, 4.69) is 0 Å². The molecule has 0 aromatic heterocycles. The Hall–Kier alpha value is 0.200. The molecule has 0 rings (SSSR count). The van der Waals surface area contributed by atoms with Crippen LogP contribution in [0.1, 0.15) is 6.92 Å². The highest BCUT2D eigenvalue weighted by atomic mass is 35.5. The Kier molecular flexibility index (Phi) is 4.73. The molecule has 5 heteroatoms. The van der Waals surface area contributed by atoms with E-state index < -0.39 is 10.1 Å². The molecule has 0 aliphatic heterocycles. The van der Waals surface area contributed by atoms with Crippen LogP contribution in [0.4, 0.5) is 0 Å². The first-order valence-corrected chi connectivity index (χ1v) is 3.07. The highest BCUT2D eigenvalue weighted by molar-refractivity contribution is 7.85. The molecule has 0 aromatic rings. The van der Waals surface area contributed by atoms with Crippen LogP contribution in [-0.2, 0) is 10.1 Å².